The number of rotatable bonds is 7. The van der Waals surface area contributed by atoms with E-state index in [-0.39, 0.29) is 6.03 Å². The molecule has 0 saturated carbocycles. The van der Waals surface area contributed by atoms with Gasteiger partial charge in [-0.25, -0.2) is 4.79 Å². The van der Waals surface area contributed by atoms with Crippen LogP contribution in [0.5, 0.6) is 0 Å². The topological polar surface area (TPSA) is 58.2 Å². The van der Waals surface area contributed by atoms with E-state index in [0.717, 1.165) is 17.3 Å². The first-order chi connectivity index (χ1) is 9.08. The van der Waals surface area contributed by atoms with Gasteiger partial charge in [0.25, 0.3) is 0 Å². The molecule has 2 N–H and O–H groups in total. The Hall–Kier alpha value is -0.880. The summed E-state index contributed by atoms with van der Waals surface area (Å²) in [6, 6.07) is 7.95. The van der Waals surface area contributed by atoms with Gasteiger partial charge in [0.1, 0.15) is 0 Å². The zero-order chi connectivity index (χ0) is 14.1. The highest BCUT2D eigenvalue weighted by Crippen LogP contribution is 2.12. The summed E-state index contributed by atoms with van der Waals surface area (Å²) >= 11 is 3.43. The van der Waals surface area contributed by atoms with Crippen molar-refractivity contribution in [2.45, 2.75) is 12.8 Å². The summed E-state index contributed by atoms with van der Waals surface area (Å²) in [5, 5.41) is 5.45. The Kier molecular flexibility index (Phi) is 7.74. The average Bonchev–Trinajstić information content (AvgIpc) is 2.34. The molecule has 0 bridgehead atoms. The zero-order valence-corrected chi connectivity index (χ0v) is 13.4. The molecule has 0 aliphatic rings. The molecule has 0 heterocycles. The maximum Gasteiger partial charge on any atom is 0.314 e. The molecule has 1 rings (SSSR count). The molecule has 0 aliphatic carbocycles. The lowest BCUT2D eigenvalue weighted by atomic mass is 10.1. The standard InChI is InChI=1S/C13H19BrN2O2S/c1-19(18)9-8-16-13(17)15-7-3-5-11-4-2-6-12(14)10-11/h2,4,6,10H,3,5,7-9H2,1H3,(H2,15,16,17)/t19-/m0/s1. The van der Waals surface area contributed by atoms with Crippen LogP contribution in [0.15, 0.2) is 28.7 Å². The van der Waals surface area contributed by atoms with Crippen molar-refractivity contribution in [2.75, 3.05) is 25.1 Å². The lowest BCUT2D eigenvalue weighted by Crippen LogP contribution is -2.38. The molecule has 0 spiro atoms. The maximum absolute atomic E-state index is 11.4. The van der Waals surface area contributed by atoms with Crippen molar-refractivity contribution in [1.82, 2.24) is 10.6 Å². The van der Waals surface area contributed by atoms with Crippen molar-refractivity contribution in [2.24, 2.45) is 0 Å². The van der Waals surface area contributed by atoms with Crippen LogP contribution in [0.2, 0.25) is 0 Å². The molecule has 1 aromatic rings. The molecule has 0 fully saturated rings. The second kappa shape index (κ2) is 9.09. The molecule has 0 aromatic heterocycles. The van der Waals surface area contributed by atoms with E-state index in [2.05, 4.69) is 38.7 Å². The van der Waals surface area contributed by atoms with Gasteiger partial charge in [0, 0.05) is 40.4 Å². The maximum atomic E-state index is 11.4. The minimum Gasteiger partial charge on any atom is -0.338 e. The van der Waals surface area contributed by atoms with Gasteiger partial charge >= 0.3 is 6.03 Å². The third-order valence-corrected chi connectivity index (χ3v) is 3.76. The van der Waals surface area contributed by atoms with Gasteiger partial charge in [-0.15, -0.1) is 0 Å². The minimum atomic E-state index is -0.863. The molecule has 6 heteroatoms. The Labute approximate surface area is 124 Å². The van der Waals surface area contributed by atoms with Crippen molar-refractivity contribution >= 4 is 32.8 Å². The van der Waals surface area contributed by atoms with Crippen LogP contribution in [0.1, 0.15) is 12.0 Å². The molecular formula is C13H19BrN2O2S. The van der Waals surface area contributed by atoms with E-state index < -0.39 is 10.8 Å². The van der Waals surface area contributed by atoms with E-state index in [1.54, 1.807) is 6.26 Å². The van der Waals surface area contributed by atoms with Gasteiger partial charge < -0.3 is 10.6 Å². The Morgan fingerprint density at radius 3 is 2.74 bits per heavy atom. The van der Waals surface area contributed by atoms with E-state index in [0.29, 0.717) is 18.8 Å². The number of aryl methyl sites for hydroxylation is 1. The predicted octanol–water partition coefficient (Wildman–Crippen LogP) is 2.06. The molecule has 0 unspecified atom stereocenters. The van der Waals surface area contributed by atoms with Crippen molar-refractivity contribution in [3.05, 3.63) is 34.3 Å². The fourth-order valence-electron chi connectivity index (χ4n) is 1.56. The van der Waals surface area contributed by atoms with Gasteiger partial charge in [0.2, 0.25) is 0 Å². The lowest BCUT2D eigenvalue weighted by molar-refractivity contribution is 0.241. The number of carbonyl (C=O) groups is 1. The number of hydrogen-bond donors (Lipinski definition) is 2. The molecular weight excluding hydrogens is 328 g/mol. The van der Waals surface area contributed by atoms with E-state index in [9.17, 15) is 9.00 Å². The highest BCUT2D eigenvalue weighted by atomic mass is 79.9. The third kappa shape index (κ3) is 8.00. The normalized spacial score (nSPS) is 11.9. The van der Waals surface area contributed by atoms with Crippen molar-refractivity contribution in [3.63, 3.8) is 0 Å². The number of hydrogen-bond acceptors (Lipinski definition) is 2. The van der Waals surface area contributed by atoms with E-state index in [1.807, 2.05) is 12.1 Å². The SMILES string of the molecule is C[S@](=O)CCNC(=O)NCCCc1cccc(Br)c1. The van der Waals surface area contributed by atoms with Crippen LogP contribution >= 0.6 is 15.9 Å². The predicted molar refractivity (Wildman–Crippen MR) is 82.8 cm³/mol. The van der Waals surface area contributed by atoms with Crippen LogP contribution in [-0.2, 0) is 17.2 Å². The summed E-state index contributed by atoms with van der Waals surface area (Å²) in [7, 11) is -0.863. The molecule has 106 valence electrons. The Bertz CT molecular complexity index is 440. The number of nitrogens with one attached hydrogen (secondary N) is 2. The Morgan fingerprint density at radius 2 is 2.05 bits per heavy atom. The van der Waals surface area contributed by atoms with Gasteiger partial charge in [-0.05, 0) is 30.5 Å². The van der Waals surface area contributed by atoms with Crippen molar-refractivity contribution in [3.8, 4) is 0 Å². The zero-order valence-electron chi connectivity index (χ0n) is 10.9. The van der Waals surface area contributed by atoms with Crippen molar-refractivity contribution in [1.29, 1.82) is 0 Å². The molecule has 0 aliphatic heterocycles. The number of amides is 2. The van der Waals surface area contributed by atoms with Crippen LogP contribution in [-0.4, -0.2) is 35.3 Å². The largest absolute Gasteiger partial charge is 0.338 e. The minimum absolute atomic E-state index is 0.195. The van der Waals surface area contributed by atoms with E-state index in [1.165, 1.54) is 5.56 Å². The summed E-state index contributed by atoms with van der Waals surface area (Å²) in [6.45, 7) is 1.08. The second-order valence-corrected chi connectivity index (χ2v) is 6.66. The molecule has 1 aromatic carbocycles. The van der Waals surface area contributed by atoms with Crippen LogP contribution in [0.3, 0.4) is 0 Å². The smallest absolute Gasteiger partial charge is 0.314 e. The van der Waals surface area contributed by atoms with E-state index in [4.69, 9.17) is 0 Å². The summed E-state index contributed by atoms with van der Waals surface area (Å²) in [4.78, 5) is 11.4. The van der Waals surface area contributed by atoms with Crippen LogP contribution < -0.4 is 10.6 Å². The van der Waals surface area contributed by atoms with Gasteiger partial charge in [-0.1, -0.05) is 28.1 Å². The van der Waals surface area contributed by atoms with Gasteiger partial charge in [-0.2, -0.15) is 0 Å². The van der Waals surface area contributed by atoms with Crippen LogP contribution in [0, 0.1) is 0 Å². The van der Waals surface area contributed by atoms with E-state index >= 15 is 0 Å². The summed E-state index contributed by atoms with van der Waals surface area (Å²) in [5.74, 6) is 0.492. The first-order valence-electron chi connectivity index (χ1n) is 6.14. The average molecular weight is 347 g/mol. The summed E-state index contributed by atoms with van der Waals surface area (Å²) in [6.07, 6.45) is 3.44. The molecule has 0 radical (unpaired) electrons. The number of halogens is 1. The molecule has 4 nitrogen and oxygen atoms in total. The lowest BCUT2D eigenvalue weighted by Gasteiger charge is -2.07. The van der Waals surface area contributed by atoms with Crippen LogP contribution in [0.25, 0.3) is 0 Å². The first kappa shape index (κ1) is 16.2. The quantitative estimate of drug-likeness (QED) is 0.742. The second-order valence-electron chi connectivity index (χ2n) is 4.19. The number of urea groups is 1. The fraction of sp³-hybridized carbons (Fsp3) is 0.462. The third-order valence-electron chi connectivity index (χ3n) is 2.49. The molecule has 0 saturated heterocycles. The fourth-order valence-corrected chi connectivity index (χ4v) is 2.39. The highest BCUT2D eigenvalue weighted by Gasteiger charge is 2.00. The van der Waals surface area contributed by atoms with Crippen molar-refractivity contribution < 1.29 is 9.00 Å². The molecule has 1 atom stereocenters. The van der Waals surface area contributed by atoms with Gasteiger partial charge in [-0.3, -0.25) is 4.21 Å². The first-order valence-corrected chi connectivity index (χ1v) is 8.66. The highest BCUT2D eigenvalue weighted by molar-refractivity contribution is 9.10. The summed E-state index contributed by atoms with van der Waals surface area (Å²) in [5.41, 5.74) is 1.25. The monoisotopic (exact) mass is 346 g/mol. The molecule has 2 amide bonds. The summed E-state index contributed by atoms with van der Waals surface area (Å²) < 4.78 is 11.9. The van der Waals surface area contributed by atoms with Gasteiger partial charge in [0.05, 0.1) is 0 Å². The Morgan fingerprint density at radius 1 is 1.32 bits per heavy atom. The Balaban J connectivity index is 2.10. The molecule has 19 heavy (non-hydrogen) atoms. The number of benzene rings is 1. The van der Waals surface area contributed by atoms with Gasteiger partial charge in [0.15, 0.2) is 0 Å². The number of carbonyl (C=O) groups excluding carboxylic acids is 1. The van der Waals surface area contributed by atoms with Crippen LogP contribution in [0.4, 0.5) is 4.79 Å².